The van der Waals surface area contributed by atoms with Gasteiger partial charge in [0.2, 0.25) is 5.91 Å². The van der Waals surface area contributed by atoms with Crippen molar-refractivity contribution in [2.75, 3.05) is 29.4 Å². The third kappa shape index (κ3) is 2.22. The molecule has 0 radical (unpaired) electrons. The molecule has 4 heterocycles. The van der Waals surface area contributed by atoms with E-state index in [1.165, 1.54) is 0 Å². The number of anilines is 2. The fourth-order valence-corrected chi connectivity index (χ4v) is 2.96. The molecule has 0 aliphatic carbocycles. The van der Waals surface area contributed by atoms with Crippen LogP contribution in [-0.2, 0) is 4.79 Å². The van der Waals surface area contributed by atoms with E-state index >= 15 is 0 Å². The van der Waals surface area contributed by atoms with Crippen LogP contribution >= 0.6 is 0 Å². The van der Waals surface area contributed by atoms with Crippen molar-refractivity contribution in [3.63, 3.8) is 0 Å². The summed E-state index contributed by atoms with van der Waals surface area (Å²) in [5.74, 6) is 1.11. The first kappa shape index (κ1) is 13.2. The van der Waals surface area contributed by atoms with Crippen LogP contribution < -0.4 is 9.80 Å². The fraction of sp³-hybridized carbons (Fsp3) is 0.467. The van der Waals surface area contributed by atoms with E-state index in [-0.39, 0.29) is 5.91 Å². The minimum atomic E-state index is 0.199. The van der Waals surface area contributed by atoms with Gasteiger partial charge < -0.3 is 9.80 Å². The minimum absolute atomic E-state index is 0.199. The number of rotatable bonds is 3. The molecule has 0 atom stereocenters. The molecule has 22 heavy (non-hydrogen) atoms. The molecule has 2 saturated heterocycles. The Bertz CT molecular complexity index is 688. The van der Waals surface area contributed by atoms with Crippen LogP contribution in [0.2, 0.25) is 0 Å². The molecule has 0 unspecified atom stereocenters. The molecule has 0 aromatic carbocycles. The predicted octanol–water partition coefficient (Wildman–Crippen LogP) is 1.17. The lowest BCUT2D eigenvalue weighted by Crippen LogP contribution is -2.48. The van der Waals surface area contributed by atoms with Crippen molar-refractivity contribution in [3.8, 4) is 0 Å². The van der Waals surface area contributed by atoms with Gasteiger partial charge in [-0.3, -0.25) is 9.48 Å². The highest BCUT2D eigenvalue weighted by Crippen LogP contribution is 2.28. The minimum Gasteiger partial charge on any atom is -0.351 e. The van der Waals surface area contributed by atoms with Crippen molar-refractivity contribution in [1.29, 1.82) is 0 Å². The zero-order valence-corrected chi connectivity index (χ0v) is 12.5. The Hall–Kier alpha value is -2.44. The average Bonchev–Trinajstić information content (AvgIpc) is 3.08. The third-order valence-electron chi connectivity index (χ3n) is 4.32. The van der Waals surface area contributed by atoms with Gasteiger partial charge in [0.15, 0.2) is 5.82 Å². The number of nitrogens with zero attached hydrogens (tertiary/aromatic N) is 6. The Morgan fingerprint density at radius 2 is 2.09 bits per heavy atom. The second-order valence-corrected chi connectivity index (χ2v) is 5.92. The van der Waals surface area contributed by atoms with Crippen LogP contribution in [0.3, 0.4) is 0 Å². The Morgan fingerprint density at radius 3 is 2.77 bits per heavy atom. The normalized spacial score (nSPS) is 18.9. The number of hydrogen-bond acceptors (Lipinski definition) is 5. The maximum Gasteiger partial charge on any atom is 0.227 e. The molecule has 7 heteroatoms. The number of carbonyl (C=O) groups is 1. The topological polar surface area (TPSA) is 67.2 Å². The second-order valence-electron chi connectivity index (χ2n) is 5.92. The monoisotopic (exact) mass is 298 g/mol. The van der Waals surface area contributed by atoms with Crippen LogP contribution in [0.15, 0.2) is 24.5 Å². The van der Waals surface area contributed by atoms with E-state index in [1.807, 2.05) is 34.8 Å². The van der Waals surface area contributed by atoms with Gasteiger partial charge in [-0.25, -0.2) is 0 Å². The lowest BCUT2D eigenvalue weighted by molar-refractivity contribution is -0.117. The summed E-state index contributed by atoms with van der Waals surface area (Å²) in [4.78, 5) is 15.8. The molecule has 7 nitrogen and oxygen atoms in total. The highest BCUT2D eigenvalue weighted by atomic mass is 16.2. The van der Waals surface area contributed by atoms with Crippen molar-refractivity contribution in [3.05, 3.63) is 30.2 Å². The summed E-state index contributed by atoms with van der Waals surface area (Å²) in [7, 11) is 0. The first-order valence-electron chi connectivity index (χ1n) is 7.60. The fourth-order valence-electron chi connectivity index (χ4n) is 2.96. The summed E-state index contributed by atoms with van der Waals surface area (Å²) >= 11 is 0. The maximum absolute atomic E-state index is 11.8. The predicted molar refractivity (Wildman–Crippen MR) is 81.8 cm³/mol. The van der Waals surface area contributed by atoms with Crippen LogP contribution in [0.25, 0.3) is 0 Å². The van der Waals surface area contributed by atoms with Crippen molar-refractivity contribution in [1.82, 2.24) is 20.0 Å². The van der Waals surface area contributed by atoms with E-state index in [4.69, 9.17) is 0 Å². The lowest BCUT2D eigenvalue weighted by Gasteiger charge is -2.39. The molecule has 0 saturated carbocycles. The van der Waals surface area contributed by atoms with E-state index in [0.717, 1.165) is 43.3 Å². The third-order valence-corrected chi connectivity index (χ3v) is 4.32. The van der Waals surface area contributed by atoms with Gasteiger partial charge in [-0.1, -0.05) is 0 Å². The summed E-state index contributed by atoms with van der Waals surface area (Å²) in [5, 5.41) is 12.7. The molecule has 1 amide bonds. The first-order chi connectivity index (χ1) is 10.7. The SMILES string of the molecule is Cc1ccc(N2CC(n3cc(N4CCCC4=O)cn3)C2)nn1. The van der Waals surface area contributed by atoms with E-state index in [0.29, 0.717) is 12.5 Å². The molecule has 2 aromatic rings. The molecule has 2 aliphatic heterocycles. The van der Waals surface area contributed by atoms with Gasteiger partial charge in [0, 0.05) is 32.3 Å². The number of aryl methyl sites for hydroxylation is 1. The number of aromatic nitrogens is 4. The lowest BCUT2D eigenvalue weighted by atomic mass is 10.1. The van der Waals surface area contributed by atoms with Crippen molar-refractivity contribution in [2.45, 2.75) is 25.8 Å². The Kier molecular flexibility index (Phi) is 3.06. The molecule has 0 bridgehead atoms. The van der Waals surface area contributed by atoms with Gasteiger partial charge >= 0.3 is 0 Å². The zero-order valence-electron chi connectivity index (χ0n) is 12.5. The molecule has 2 fully saturated rings. The van der Waals surface area contributed by atoms with Gasteiger partial charge in [0.1, 0.15) is 0 Å². The smallest absolute Gasteiger partial charge is 0.227 e. The van der Waals surface area contributed by atoms with Gasteiger partial charge in [0.05, 0.1) is 23.6 Å². The quantitative estimate of drug-likeness (QED) is 0.851. The Morgan fingerprint density at radius 1 is 1.23 bits per heavy atom. The summed E-state index contributed by atoms with van der Waals surface area (Å²) in [5.41, 5.74) is 1.84. The largest absolute Gasteiger partial charge is 0.351 e. The van der Waals surface area contributed by atoms with Gasteiger partial charge in [-0.15, -0.1) is 5.10 Å². The average molecular weight is 298 g/mol. The molecule has 4 rings (SSSR count). The summed E-state index contributed by atoms with van der Waals surface area (Å²) in [6.45, 7) is 4.47. The van der Waals surface area contributed by atoms with Gasteiger partial charge in [0.25, 0.3) is 0 Å². The molecule has 2 aromatic heterocycles. The van der Waals surface area contributed by atoms with Crippen molar-refractivity contribution >= 4 is 17.4 Å². The van der Waals surface area contributed by atoms with E-state index in [9.17, 15) is 4.79 Å². The molecule has 0 N–H and O–H groups in total. The maximum atomic E-state index is 11.8. The van der Waals surface area contributed by atoms with E-state index in [1.54, 1.807) is 6.20 Å². The second kappa shape index (κ2) is 5.08. The summed E-state index contributed by atoms with van der Waals surface area (Å²) in [6, 6.07) is 4.30. The molecular formula is C15H18N6O. The van der Waals surface area contributed by atoms with Crippen molar-refractivity contribution < 1.29 is 4.79 Å². The van der Waals surface area contributed by atoms with Crippen molar-refractivity contribution in [2.24, 2.45) is 0 Å². The Balaban J connectivity index is 1.42. The van der Waals surface area contributed by atoms with Gasteiger partial charge in [-0.05, 0) is 25.5 Å². The Labute approximate surface area is 128 Å². The van der Waals surface area contributed by atoms with E-state index in [2.05, 4.69) is 20.2 Å². The van der Waals surface area contributed by atoms with Crippen LogP contribution in [0.4, 0.5) is 11.5 Å². The number of amides is 1. The molecule has 0 spiro atoms. The molecule has 2 aliphatic rings. The first-order valence-corrected chi connectivity index (χ1v) is 7.60. The highest BCUT2D eigenvalue weighted by molar-refractivity contribution is 5.95. The zero-order chi connectivity index (χ0) is 15.1. The molecular weight excluding hydrogens is 280 g/mol. The van der Waals surface area contributed by atoms with Crippen LogP contribution in [0.1, 0.15) is 24.6 Å². The molecule has 114 valence electrons. The van der Waals surface area contributed by atoms with E-state index < -0.39 is 0 Å². The highest BCUT2D eigenvalue weighted by Gasteiger charge is 2.31. The van der Waals surface area contributed by atoms with Crippen LogP contribution in [-0.4, -0.2) is 45.5 Å². The standard InChI is InChI=1S/C15H18N6O/c1-11-4-5-14(18-17-11)19-8-13(9-19)21-10-12(7-16-21)20-6-2-3-15(20)22/h4-5,7,10,13H,2-3,6,8-9H2,1H3. The number of carbonyl (C=O) groups excluding carboxylic acids is 1. The van der Waals surface area contributed by atoms with Crippen LogP contribution in [0, 0.1) is 6.92 Å². The summed E-state index contributed by atoms with van der Waals surface area (Å²) < 4.78 is 1.96. The summed E-state index contributed by atoms with van der Waals surface area (Å²) in [6.07, 6.45) is 5.35. The van der Waals surface area contributed by atoms with Crippen LogP contribution in [0.5, 0.6) is 0 Å². The van der Waals surface area contributed by atoms with Gasteiger partial charge in [-0.2, -0.15) is 10.2 Å². The number of hydrogen-bond donors (Lipinski definition) is 0.